The Kier molecular flexibility index (Phi) is 7.88. The number of primary amides is 1. The van der Waals surface area contributed by atoms with Crippen molar-refractivity contribution in [3.05, 3.63) is 51.5 Å². The van der Waals surface area contributed by atoms with Gasteiger partial charge in [0.15, 0.2) is 5.79 Å². The van der Waals surface area contributed by atoms with Crippen LogP contribution in [0.25, 0.3) is 11.3 Å². The van der Waals surface area contributed by atoms with Gasteiger partial charge in [0.05, 0.1) is 30.2 Å². The van der Waals surface area contributed by atoms with Gasteiger partial charge in [0.2, 0.25) is 11.1 Å². The molecule has 2 N–H and O–H groups in total. The molecule has 0 saturated carbocycles. The summed E-state index contributed by atoms with van der Waals surface area (Å²) in [4.78, 5) is 25.7. The maximum Gasteiger partial charge on any atom is 0.460 e. The molecular weight excluding hydrogens is 614 g/mol. The Morgan fingerprint density at radius 2 is 1.81 bits per heavy atom. The molecule has 1 saturated heterocycles. The lowest BCUT2D eigenvalue weighted by Crippen LogP contribution is -2.50. The fourth-order valence-electron chi connectivity index (χ4n) is 3.74. The van der Waals surface area contributed by atoms with Gasteiger partial charge in [0, 0.05) is 34.4 Å². The van der Waals surface area contributed by atoms with Crippen LogP contribution >= 0.6 is 11.8 Å². The van der Waals surface area contributed by atoms with E-state index < -0.39 is 73.4 Å². The van der Waals surface area contributed by atoms with E-state index in [2.05, 4.69) is 20.5 Å². The molecule has 12 nitrogen and oxygen atoms in total. The number of carbonyl (C=O) groups is 1. The number of benzene rings is 1. The number of nitrogens with two attached hydrogens (primary N) is 1. The number of nitrogens with zero attached hydrogens (tertiary/aromatic N) is 6. The second-order valence-electron chi connectivity index (χ2n) is 8.74. The molecule has 1 aromatic carbocycles. The molecule has 4 rings (SSSR count). The van der Waals surface area contributed by atoms with Gasteiger partial charge in [-0.2, -0.15) is 30.7 Å². The number of ether oxygens (including phenoxy) is 2. The fourth-order valence-corrected chi connectivity index (χ4v) is 4.74. The van der Waals surface area contributed by atoms with E-state index in [0.717, 1.165) is 4.68 Å². The van der Waals surface area contributed by atoms with Crippen molar-refractivity contribution < 1.29 is 54.3 Å². The van der Waals surface area contributed by atoms with E-state index in [1.165, 1.54) is 0 Å². The minimum absolute atomic E-state index is 0.125. The predicted molar refractivity (Wildman–Crippen MR) is 122 cm³/mol. The lowest BCUT2D eigenvalue weighted by Gasteiger charge is -2.28. The van der Waals surface area contributed by atoms with Gasteiger partial charge in [-0.05, 0) is 35.2 Å². The molecule has 1 amide bonds. The van der Waals surface area contributed by atoms with Gasteiger partial charge in [-0.15, -0.1) is 5.10 Å². The average Bonchev–Trinajstić information content (AvgIpc) is 3.51. The van der Waals surface area contributed by atoms with Crippen molar-refractivity contribution in [3.8, 4) is 11.3 Å². The van der Waals surface area contributed by atoms with Crippen LogP contribution in [0.5, 0.6) is 0 Å². The molecule has 42 heavy (non-hydrogen) atoms. The van der Waals surface area contributed by atoms with Gasteiger partial charge in [0.25, 0.3) is 5.69 Å². The molecular formula is C21H15F8N7O5S. The zero-order chi connectivity index (χ0) is 31.3. The summed E-state index contributed by atoms with van der Waals surface area (Å²) in [6, 6.07) is 1.02. The predicted octanol–water partition coefficient (Wildman–Crippen LogP) is 4.08. The minimum Gasteiger partial charge on any atom is -0.366 e. The number of aromatic nitrogens is 5. The fraction of sp³-hybridized carbons (Fsp3) is 0.381. The highest BCUT2D eigenvalue weighted by Crippen LogP contribution is 2.52. The van der Waals surface area contributed by atoms with E-state index in [1.54, 1.807) is 6.92 Å². The monoisotopic (exact) mass is 629 g/mol. The molecule has 0 radical (unpaired) electrons. The van der Waals surface area contributed by atoms with Crippen LogP contribution in [0, 0.1) is 15.9 Å². The third-order valence-electron chi connectivity index (χ3n) is 5.79. The normalized spacial score (nSPS) is 15.6. The number of nitro benzene ring substituents is 1. The van der Waals surface area contributed by atoms with E-state index in [4.69, 9.17) is 15.2 Å². The van der Waals surface area contributed by atoms with Crippen molar-refractivity contribution in [1.29, 1.82) is 0 Å². The van der Waals surface area contributed by atoms with Gasteiger partial charge in [-0.1, -0.05) is 0 Å². The first-order valence-electron chi connectivity index (χ1n) is 11.2. The number of pyridine rings is 1. The Morgan fingerprint density at radius 3 is 2.36 bits per heavy atom. The molecule has 1 aliphatic rings. The van der Waals surface area contributed by atoms with E-state index in [9.17, 15) is 45.6 Å². The molecule has 0 spiro atoms. The van der Waals surface area contributed by atoms with Crippen LogP contribution in [0.3, 0.4) is 0 Å². The molecule has 2 aromatic heterocycles. The largest absolute Gasteiger partial charge is 0.460 e. The van der Waals surface area contributed by atoms with Crippen LogP contribution in [0.4, 0.5) is 40.8 Å². The number of rotatable bonds is 9. The Morgan fingerprint density at radius 1 is 1.17 bits per heavy atom. The molecule has 0 atom stereocenters. The Labute approximate surface area is 232 Å². The van der Waals surface area contributed by atoms with Crippen molar-refractivity contribution in [2.24, 2.45) is 5.73 Å². The zero-order valence-electron chi connectivity index (χ0n) is 20.7. The van der Waals surface area contributed by atoms with E-state index in [1.807, 2.05) is 0 Å². The minimum atomic E-state index is -6.71. The molecule has 3 aromatic rings. The van der Waals surface area contributed by atoms with Crippen LogP contribution in [0.15, 0.2) is 34.4 Å². The summed E-state index contributed by atoms with van der Waals surface area (Å²) in [5.41, 5.74) is 0.0843. The summed E-state index contributed by atoms with van der Waals surface area (Å²) in [5, 5.41) is 22.4. The molecule has 0 aliphatic carbocycles. The molecule has 1 fully saturated rings. The second kappa shape index (κ2) is 10.7. The topological polar surface area (TPSA) is 161 Å². The van der Waals surface area contributed by atoms with Gasteiger partial charge < -0.3 is 15.2 Å². The first-order valence-corrected chi connectivity index (χ1v) is 12.0. The number of hydrogen-bond acceptors (Lipinski definition) is 10. The zero-order valence-corrected chi connectivity index (χ0v) is 21.5. The summed E-state index contributed by atoms with van der Waals surface area (Å²) >= 11 is 0.495. The van der Waals surface area contributed by atoms with Crippen LogP contribution in [-0.4, -0.2) is 67.1 Å². The van der Waals surface area contributed by atoms with Crippen molar-refractivity contribution in [2.45, 2.75) is 47.3 Å². The number of hydrogen-bond donors (Lipinski definition) is 1. The number of nitro groups is 1. The van der Waals surface area contributed by atoms with Crippen molar-refractivity contribution in [1.82, 2.24) is 25.2 Å². The van der Waals surface area contributed by atoms with Gasteiger partial charge in [-0.3, -0.25) is 19.9 Å². The van der Waals surface area contributed by atoms with Crippen LogP contribution in [0.1, 0.15) is 22.8 Å². The maximum absolute atomic E-state index is 15.2. The maximum atomic E-state index is 15.2. The highest BCUT2D eigenvalue weighted by atomic mass is 32.2. The van der Waals surface area contributed by atoms with E-state index >= 15 is 4.39 Å². The summed E-state index contributed by atoms with van der Waals surface area (Å²) in [5.74, 6) is -16.9. The third-order valence-corrected chi connectivity index (χ3v) is 6.91. The van der Waals surface area contributed by atoms with E-state index in [0.29, 0.717) is 23.9 Å². The number of tetrazole rings is 1. The van der Waals surface area contributed by atoms with Crippen molar-refractivity contribution in [3.63, 3.8) is 0 Å². The van der Waals surface area contributed by atoms with Crippen molar-refractivity contribution >= 4 is 23.4 Å². The van der Waals surface area contributed by atoms with Crippen LogP contribution in [-0.2, 0) is 21.9 Å². The Balaban J connectivity index is 1.86. The first kappa shape index (κ1) is 31.0. The SMILES string of the molecule is CC1(Cn2nnnc2Sc2c(C(N)=O)cc([N+](=O)[O-])cc2-c2ncc(C(F)(F)C(F)(F)C(F)(F)F)cc2F)OCCO1. The summed E-state index contributed by atoms with van der Waals surface area (Å²) in [6.07, 6.45) is -6.86. The average molecular weight is 629 g/mol. The molecule has 3 heterocycles. The molecule has 1 aliphatic heterocycles. The smallest absolute Gasteiger partial charge is 0.366 e. The highest BCUT2D eigenvalue weighted by Gasteiger charge is 2.73. The van der Waals surface area contributed by atoms with Gasteiger partial charge >= 0.3 is 18.0 Å². The summed E-state index contributed by atoms with van der Waals surface area (Å²) in [6.45, 7) is 1.92. The first-order chi connectivity index (χ1) is 19.4. The number of alkyl halides is 7. The van der Waals surface area contributed by atoms with Crippen LogP contribution in [0.2, 0.25) is 0 Å². The molecule has 21 heteroatoms. The Hall–Kier alpha value is -3.98. The van der Waals surface area contributed by atoms with Crippen LogP contribution < -0.4 is 5.73 Å². The number of non-ortho nitro benzene ring substituents is 1. The number of amides is 1. The standard InChI is InChI=1S/C21H15F8N7O5S/c1-18(40-2-3-41-18)8-35-17(32-33-34-35)42-15-11(5-10(36(38)39)6-12(15)16(30)37)14-13(22)4-9(7-31-14)19(23,24)20(25,26)21(27,28)29/h4-7H,2-3,8H2,1H3,(H2,30,37). The quantitative estimate of drug-likeness (QED) is 0.207. The molecule has 226 valence electrons. The number of halogens is 8. The summed E-state index contributed by atoms with van der Waals surface area (Å²) < 4.78 is 121. The third kappa shape index (κ3) is 5.57. The second-order valence-corrected chi connectivity index (χ2v) is 9.72. The highest BCUT2D eigenvalue weighted by molar-refractivity contribution is 7.99. The molecule has 0 bridgehead atoms. The Bertz CT molecular complexity index is 1550. The van der Waals surface area contributed by atoms with Gasteiger partial charge in [0.1, 0.15) is 11.5 Å². The molecule has 0 unspecified atom stereocenters. The van der Waals surface area contributed by atoms with Gasteiger partial charge in [-0.25, -0.2) is 9.07 Å². The lowest BCUT2D eigenvalue weighted by atomic mass is 10.0. The summed E-state index contributed by atoms with van der Waals surface area (Å²) in [7, 11) is 0. The van der Waals surface area contributed by atoms with Crippen molar-refractivity contribution in [2.75, 3.05) is 13.2 Å². The number of carbonyl (C=O) groups excluding carboxylic acids is 1. The lowest BCUT2D eigenvalue weighted by molar-refractivity contribution is -0.384. The van der Waals surface area contributed by atoms with E-state index in [-0.39, 0.29) is 37.2 Å².